The fourth-order valence-electron chi connectivity index (χ4n) is 2.93. The molecule has 126 valence electrons. The monoisotopic (exact) mass is 333 g/mol. The predicted octanol–water partition coefficient (Wildman–Crippen LogP) is 3.33. The van der Waals surface area contributed by atoms with E-state index in [2.05, 4.69) is 17.6 Å². The molecule has 0 bridgehead atoms. The van der Waals surface area contributed by atoms with Crippen molar-refractivity contribution in [1.82, 2.24) is 5.32 Å². The van der Waals surface area contributed by atoms with E-state index in [4.69, 9.17) is 0 Å². The number of carbonyl (C=O) groups excluding carboxylic acids is 1. The molecular weight excluding hydrogens is 306 g/mol. The molecule has 1 fully saturated rings. The van der Waals surface area contributed by atoms with Gasteiger partial charge >= 0.3 is 0 Å². The summed E-state index contributed by atoms with van der Waals surface area (Å²) in [5.41, 5.74) is 1.15. The maximum absolute atomic E-state index is 11.2. The minimum Gasteiger partial charge on any atom is -0.389 e. The summed E-state index contributed by atoms with van der Waals surface area (Å²) in [7, 11) is 0. The molecule has 0 radical (unpaired) electrons. The molecule has 1 aromatic rings. The lowest BCUT2D eigenvalue weighted by Gasteiger charge is -2.13. The minimum atomic E-state index is -0.429. The molecule has 1 aliphatic rings. The lowest BCUT2D eigenvalue weighted by molar-refractivity contribution is -0.119. The third-order valence-corrected chi connectivity index (χ3v) is 5.26. The van der Waals surface area contributed by atoms with Gasteiger partial charge in [0.05, 0.1) is 6.10 Å². The van der Waals surface area contributed by atoms with Gasteiger partial charge in [-0.05, 0) is 37.5 Å². The van der Waals surface area contributed by atoms with Crippen LogP contribution in [0.1, 0.15) is 37.7 Å². The van der Waals surface area contributed by atoms with Crippen LogP contribution < -0.4 is 5.32 Å². The highest BCUT2D eigenvalue weighted by atomic mass is 32.2. The smallest absolute Gasteiger partial charge is 0.220 e. The Balaban J connectivity index is 1.69. The van der Waals surface area contributed by atoms with Crippen molar-refractivity contribution in [2.75, 3.05) is 6.26 Å². The van der Waals surface area contributed by atoms with Crippen molar-refractivity contribution in [1.29, 1.82) is 0 Å². The van der Waals surface area contributed by atoms with E-state index in [1.54, 1.807) is 0 Å². The molecule has 1 heterocycles. The SMILES string of the molecule is CSC(/C=C/C(O)Cc1ccccc1)CCC[C@@H]1CCC(=O)N1. The average Bonchev–Trinajstić information content (AvgIpc) is 2.97. The third kappa shape index (κ3) is 6.80. The summed E-state index contributed by atoms with van der Waals surface area (Å²) < 4.78 is 0. The molecule has 3 nitrogen and oxygen atoms in total. The number of benzene rings is 1. The maximum atomic E-state index is 11.2. The highest BCUT2D eigenvalue weighted by molar-refractivity contribution is 7.99. The van der Waals surface area contributed by atoms with E-state index < -0.39 is 6.10 Å². The van der Waals surface area contributed by atoms with Gasteiger partial charge in [0.15, 0.2) is 0 Å². The number of thioether (sulfide) groups is 1. The Hall–Kier alpha value is -1.26. The Labute approximate surface area is 143 Å². The van der Waals surface area contributed by atoms with Crippen LogP contribution in [0.2, 0.25) is 0 Å². The van der Waals surface area contributed by atoms with Crippen LogP contribution in [0.4, 0.5) is 0 Å². The van der Waals surface area contributed by atoms with Gasteiger partial charge in [0.25, 0.3) is 0 Å². The molecule has 1 aromatic carbocycles. The van der Waals surface area contributed by atoms with Crippen LogP contribution >= 0.6 is 11.8 Å². The van der Waals surface area contributed by atoms with Crippen molar-refractivity contribution in [3.05, 3.63) is 48.0 Å². The van der Waals surface area contributed by atoms with Crippen LogP contribution in [0, 0.1) is 0 Å². The van der Waals surface area contributed by atoms with Gasteiger partial charge in [-0.15, -0.1) is 0 Å². The topological polar surface area (TPSA) is 49.3 Å². The normalized spacial score (nSPS) is 20.6. The van der Waals surface area contributed by atoms with Gasteiger partial charge in [-0.1, -0.05) is 42.5 Å². The molecule has 0 aliphatic carbocycles. The van der Waals surface area contributed by atoms with Crippen LogP contribution in [0.25, 0.3) is 0 Å². The van der Waals surface area contributed by atoms with E-state index in [-0.39, 0.29) is 5.91 Å². The molecule has 4 heteroatoms. The van der Waals surface area contributed by atoms with Gasteiger partial charge in [-0.2, -0.15) is 11.8 Å². The Morgan fingerprint density at radius 3 is 2.78 bits per heavy atom. The first-order chi connectivity index (χ1) is 11.2. The van der Waals surface area contributed by atoms with Gasteiger partial charge < -0.3 is 10.4 Å². The molecular formula is C19H27NO2S. The molecule has 0 spiro atoms. The zero-order chi connectivity index (χ0) is 16.5. The largest absolute Gasteiger partial charge is 0.389 e. The number of nitrogens with one attached hydrogen (secondary N) is 1. The minimum absolute atomic E-state index is 0.195. The Morgan fingerprint density at radius 1 is 1.35 bits per heavy atom. The van der Waals surface area contributed by atoms with E-state index in [0.29, 0.717) is 24.1 Å². The first kappa shape index (κ1) is 18.1. The van der Waals surface area contributed by atoms with Crippen molar-refractivity contribution in [2.24, 2.45) is 0 Å². The Morgan fingerprint density at radius 2 is 2.13 bits per heavy atom. The lowest BCUT2D eigenvalue weighted by Crippen LogP contribution is -2.25. The molecule has 2 N–H and O–H groups in total. The second-order valence-electron chi connectivity index (χ2n) is 6.15. The van der Waals surface area contributed by atoms with E-state index >= 15 is 0 Å². The first-order valence-corrected chi connectivity index (χ1v) is 9.68. The summed E-state index contributed by atoms with van der Waals surface area (Å²) in [5, 5.41) is 13.6. The van der Waals surface area contributed by atoms with E-state index in [1.807, 2.05) is 48.2 Å². The summed E-state index contributed by atoms with van der Waals surface area (Å²) in [5.74, 6) is 0.195. The maximum Gasteiger partial charge on any atom is 0.220 e. The number of aliphatic hydroxyl groups is 1. The van der Waals surface area contributed by atoms with Crippen molar-refractivity contribution in [2.45, 2.75) is 55.9 Å². The molecule has 3 atom stereocenters. The van der Waals surface area contributed by atoms with E-state index in [9.17, 15) is 9.90 Å². The summed E-state index contributed by atoms with van der Waals surface area (Å²) >= 11 is 1.82. The molecule has 1 aliphatic heterocycles. The second kappa shape index (κ2) is 9.78. The second-order valence-corrected chi connectivity index (χ2v) is 7.23. The van der Waals surface area contributed by atoms with Crippen molar-refractivity contribution >= 4 is 17.7 Å². The summed E-state index contributed by atoms with van der Waals surface area (Å²) in [6.45, 7) is 0. The van der Waals surface area contributed by atoms with Gasteiger partial charge in [0.1, 0.15) is 0 Å². The number of hydrogen-bond acceptors (Lipinski definition) is 3. The zero-order valence-corrected chi connectivity index (χ0v) is 14.6. The zero-order valence-electron chi connectivity index (χ0n) is 13.8. The standard InChI is InChI=1S/C19H27NO2S/c1-23-18(9-5-8-16-10-13-19(22)20-16)12-11-17(21)14-15-6-3-2-4-7-15/h2-4,6-7,11-12,16-18,21H,5,8-10,13-14H2,1H3,(H,20,22)/b12-11+/t16-,17?,18?/m1/s1. The molecule has 23 heavy (non-hydrogen) atoms. The Bertz CT molecular complexity index is 503. The number of carbonyl (C=O) groups is 1. The van der Waals surface area contributed by atoms with Crippen LogP contribution in [-0.2, 0) is 11.2 Å². The highest BCUT2D eigenvalue weighted by Crippen LogP contribution is 2.19. The number of amides is 1. The molecule has 0 aromatic heterocycles. The van der Waals surface area contributed by atoms with Crippen LogP contribution in [-0.4, -0.2) is 34.7 Å². The van der Waals surface area contributed by atoms with Gasteiger partial charge in [0.2, 0.25) is 5.91 Å². The van der Waals surface area contributed by atoms with Crippen LogP contribution in [0.5, 0.6) is 0 Å². The highest BCUT2D eigenvalue weighted by Gasteiger charge is 2.20. The number of rotatable bonds is 9. The van der Waals surface area contributed by atoms with Crippen LogP contribution in [0.15, 0.2) is 42.5 Å². The number of hydrogen-bond donors (Lipinski definition) is 2. The summed E-state index contributed by atoms with van der Waals surface area (Å²) in [6.07, 6.45) is 11.3. The van der Waals surface area contributed by atoms with Gasteiger partial charge in [-0.25, -0.2) is 0 Å². The van der Waals surface area contributed by atoms with Crippen molar-refractivity contribution in [3.8, 4) is 0 Å². The molecule has 0 saturated carbocycles. The fraction of sp³-hybridized carbons (Fsp3) is 0.526. The third-order valence-electron chi connectivity index (χ3n) is 4.26. The molecule has 2 rings (SSSR count). The average molecular weight is 333 g/mol. The molecule has 2 unspecified atom stereocenters. The fourth-order valence-corrected chi connectivity index (χ4v) is 3.58. The van der Waals surface area contributed by atoms with Crippen molar-refractivity contribution in [3.63, 3.8) is 0 Å². The van der Waals surface area contributed by atoms with Crippen molar-refractivity contribution < 1.29 is 9.90 Å². The quantitative estimate of drug-likeness (QED) is 0.682. The van der Waals surface area contributed by atoms with Gasteiger partial charge in [-0.3, -0.25) is 4.79 Å². The molecule has 1 saturated heterocycles. The van der Waals surface area contributed by atoms with E-state index in [1.165, 1.54) is 0 Å². The summed E-state index contributed by atoms with van der Waals surface area (Å²) in [4.78, 5) is 11.2. The predicted molar refractivity (Wildman–Crippen MR) is 97.6 cm³/mol. The van der Waals surface area contributed by atoms with E-state index in [0.717, 1.165) is 31.2 Å². The molecule has 1 amide bonds. The lowest BCUT2D eigenvalue weighted by atomic mass is 10.0. The first-order valence-electron chi connectivity index (χ1n) is 8.40. The van der Waals surface area contributed by atoms with Gasteiger partial charge in [0, 0.05) is 24.1 Å². The Kier molecular flexibility index (Phi) is 7.69. The van der Waals surface area contributed by atoms with Crippen LogP contribution in [0.3, 0.4) is 0 Å². The number of aliphatic hydroxyl groups excluding tert-OH is 1. The summed E-state index contributed by atoms with van der Waals surface area (Å²) in [6, 6.07) is 10.4.